The van der Waals surface area contributed by atoms with Gasteiger partial charge >= 0.3 is 0 Å². The Hall–Kier alpha value is -4.60. The van der Waals surface area contributed by atoms with E-state index < -0.39 is 13.9 Å². The molecule has 7 nitrogen and oxygen atoms in total. The van der Waals surface area contributed by atoms with Gasteiger partial charge in [-0.3, -0.25) is 9.78 Å². The first kappa shape index (κ1) is 28.9. The van der Waals surface area contributed by atoms with Crippen LogP contribution in [0.2, 0.25) is 25.7 Å². The number of hydrogen-bond donors (Lipinski definition) is 2. The second-order valence-electron chi connectivity index (χ2n) is 11.2. The van der Waals surface area contributed by atoms with Crippen LogP contribution in [0.15, 0.2) is 91.1 Å². The number of amides is 1. The van der Waals surface area contributed by atoms with Crippen LogP contribution in [0, 0.1) is 5.82 Å². The molecule has 214 valence electrons. The molecule has 0 aliphatic rings. The number of nitrogens with zero attached hydrogens (tertiary/aromatic N) is 3. The molecule has 0 unspecified atom stereocenters. The minimum absolute atomic E-state index is 0.0951. The number of anilines is 3. The molecular weight excluding hydrogens is 545 g/mol. The second kappa shape index (κ2) is 12.9. The molecule has 0 aliphatic carbocycles. The number of rotatable bonds is 11. The highest BCUT2D eigenvalue weighted by Crippen LogP contribution is 2.28. The van der Waals surface area contributed by atoms with Gasteiger partial charge in [0.15, 0.2) is 0 Å². The fourth-order valence-electron chi connectivity index (χ4n) is 4.32. The van der Waals surface area contributed by atoms with Crippen LogP contribution in [-0.2, 0) is 11.5 Å². The summed E-state index contributed by atoms with van der Waals surface area (Å²) in [5.41, 5.74) is 4.52. The molecule has 2 heterocycles. The van der Waals surface area contributed by atoms with Crippen LogP contribution in [0.1, 0.15) is 21.7 Å². The van der Waals surface area contributed by atoms with Gasteiger partial charge in [0.25, 0.3) is 5.91 Å². The van der Waals surface area contributed by atoms with E-state index in [1.165, 1.54) is 6.07 Å². The van der Waals surface area contributed by atoms with Gasteiger partial charge in [0, 0.05) is 43.2 Å². The van der Waals surface area contributed by atoms with Gasteiger partial charge < -0.3 is 15.4 Å². The molecule has 0 fully saturated rings. The number of nitrogens with one attached hydrogen (secondary N) is 2. The van der Waals surface area contributed by atoms with Crippen LogP contribution < -0.4 is 10.6 Å². The number of halogens is 1. The summed E-state index contributed by atoms with van der Waals surface area (Å²) in [6, 6.07) is 26.1. The fraction of sp³-hybridized carbons (Fsp3) is 0.182. The summed E-state index contributed by atoms with van der Waals surface area (Å²) in [7, 11) is -1.22. The zero-order chi connectivity index (χ0) is 29.5. The molecule has 1 amide bonds. The Kier molecular flexibility index (Phi) is 8.90. The fourth-order valence-corrected chi connectivity index (χ4v) is 5.07. The van der Waals surface area contributed by atoms with Crippen molar-refractivity contribution >= 4 is 54.1 Å². The molecule has 0 radical (unpaired) electrons. The summed E-state index contributed by atoms with van der Waals surface area (Å²) in [5, 5.41) is 11.8. The molecule has 2 aromatic heterocycles. The van der Waals surface area contributed by atoms with E-state index in [1.807, 2.05) is 59.3 Å². The Labute approximate surface area is 246 Å². The van der Waals surface area contributed by atoms with Gasteiger partial charge in [0.2, 0.25) is 0 Å². The van der Waals surface area contributed by atoms with Crippen molar-refractivity contribution in [1.29, 1.82) is 0 Å². The third-order valence-electron chi connectivity index (χ3n) is 6.63. The summed E-state index contributed by atoms with van der Waals surface area (Å²) < 4.78 is 22.5. The molecule has 3 aromatic carbocycles. The number of carbonyl (C=O) groups excluding carboxylic acids is 1. The van der Waals surface area contributed by atoms with Crippen molar-refractivity contribution in [3.63, 3.8) is 0 Å². The lowest BCUT2D eigenvalue weighted by atomic mass is 10.1. The van der Waals surface area contributed by atoms with Crippen LogP contribution in [-0.4, -0.2) is 35.4 Å². The summed E-state index contributed by atoms with van der Waals surface area (Å²) in [5.74, 6) is -0.893. The number of benzene rings is 3. The minimum atomic E-state index is -1.22. The maximum absolute atomic E-state index is 14.6. The lowest BCUT2D eigenvalue weighted by molar-refractivity contribution is 0.0816. The topological polar surface area (TPSA) is 81.1 Å². The van der Waals surface area contributed by atoms with E-state index in [0.29, 0.717) is 24.6 Å². The van der Waals surface area contributed by atoms with Crippen molar-refractivity contribution in [2.45, 2.75) is 32.4 Å². The predicted octanol–water partition coefficient (Wildman–Crippen LogP) is 8.05. The van der Waals surface area contributed by atoms with E-state index >= 15 is 0 Å². The maximum Gasteiger partial charge on any atom is 0.255 e. The van der Waals surface area contributed by atoms with Gasteiger partial charge in [0.05, 0.1) is 22.6 Å². The Morgan fingerprint density at radius 1 is 0.952 bits per heavy atom. The normalized spacial score (nSPS) is 11.7. The first-order chi connectivity index (χ1) is 20.2. The first-order valence-corrected chi connectivity index (χ1v) is 17.6. The monoisotopic (exact) mass is 579 g/mol. The van der Waals surface area contributed by atoms with Crippen LogP contribution in [0.25, 0.3) is 23.1 Å². The number of hydrogen-bond acceptors (Lipinski definition) is 5. The highest BCUT2D eigenvalue weighted by Gasteiger charge is 2.15. The molecule has 42 heavy (non-hydrogen) atoms. The van der Waals surface area contributed by atoms with Gasteiger partial charge in [-0.2, -0.15) is 5.10 Å². The summed E-state index contributed by atoms with van der Waals surface area (Å²) in [4.78, 5) is 17.0. The van der Waals surface area contributed by atoms with Gasteiger partial charge in [-0.15, -0.1) is 0 Å². The summed E-state index contributed by atoms with van der Waals surface area (Å²) in [6.45, 7) is 7.99. The largest absolute Gasteiger partial charge is 0.360 e. The van der Waals surface area contributed by atoms with Crippen molar-refractivity contribution in [3.8, 4) is 0 Å². The summed E-state index contributed by atoms with van der Waals surface area (Å²) >= 11 is 0. The molecule has 2 N–H and O–H groups in total. The van der Waals surface area contributed by atoms with E-state index in [-0.39, 0.29) is 11.6 Å². The van der Waals surface area contributed by atoms with Crippen LogP contribution in [0.3, 0.4) is 0 Å². The van der Waals surface area contributed by atoms with Crippen molar-refractivity contribution in [3.05, 3.63) is 114 Å². The Balaban J connectivity index is 1.39. The molecule has 9 heteroatoms. The van der Waals surface area contributed by atoms with E-state index in [1.54, 1.807) is 42.6 Å². The molecule has 0 spiro atoms. The van der Waals surface area contributed by atoms with E-state index in [9.17, 15) is 9.18 Å². The lowest BCUT2D eigenvalue weighted by Gasteiger charge is -2.15. The van der Waals surface area contributed by atoms with Crippen LogP contribution in [0.5, 0.6) is 0 Å². The predicted molar refractivity (Wildman–Crippen MR) is 171 cm³/mol. The molecule has 5 aromatic rings. The molecule has 5 rings (SSSR count). The van der Waals surface area contributed by atoms with Gasteiger partial charge in [-0.05, 0) is 78.9 Å². The molecule has 0 aliphatic heterocycles. The summed E-state index contributed by atoms with van der Waals surface area (Å²) in [6.07, 6.45) is 5.65. The quantitative estimate of drug-likeness (QED) is 0.122. The van der Waals surface area contributed by atoms with E-state index in [4.69, 9.17) is 9.84 Å². The lowest BCUT2D eigenvalue weighted by Crippen LogP contribution is -2.22. The van der Waals surface area contributed by atoms with Crippen molar-refractivity contribution in [2.24, 2.45) is 0 Å². The highest BCUT2D eigenvalue weighted by molar-refractivity contribution is 6.76. The SMILES string of the molecule is C[Si](C)(C)CCOCn1nc(/C=C/c2ccccn2)c2ccc(Nc3ccc(F)c(NC(=O)c4ccccc4)c3)cc21. The van der Waals surface area contributed by atoms with E-state index in [2.05, 4.69) is 35.3 Å². The molecule has 0 bridgehead atoms. The van der Waals surface area contributed by atoms with E-state index in [0.717, 1.165) is 34.0 Å². The number of pyridine rings is 1. The Morgan fingerprint density at radius 2 is 1.71 bits per heavy atom. The molecule has 0 saturated heterocycles. The third kappa shape index (κ3) is 7.57. The number of fused-ring (bicyclic) bond motifs is 1. The van der Waals surface area contributed by atoms with Gasteiger partial charge in [-0.1, -0.05) is 43.9 Å². The molecule has 0 saturated carbocycles. The minimum Gasteiger partial charge on any atom is -0.360 e. The van der Waals surface area contributed by atoms with Crippen LogP contribution >= 0.6 is 0 Å². The van der Waals surface area contributed by atoms with Crippen molar-refractivity contribution in [2.75, 3.05) is 17.2 Å². The number of ether oxygens (including phenoxy) is 1. The average molecular weight is 580 g/mol. The standard InChI is InChI=1S/C33H34FN5O2Si/c1-42(2,3)20-19-41-23-39-32-22-27(12-15-28(32)30(38-39)17-14-25-11-7-8-18-35-25)36-26-13-16-29(34)31(21-26)37-33(40)24-9-5-4-6-10-24/h4-18,21-22,36H,19-20,23H2,1-3H3,(H,37,40)/b17-14+. The molecular formula is C33H34FN5O2Si. The Morgan fingerprint density at radius 3 is 2.48 bits per heavy atom. The third-order valence-corrected chi connectivity index (χ3v) is 8.33. The zero-order valence-corrected chi connectivity index (χ0v) is 25.0. The van der Waals surface area contributed by atoms with Crippen molar-refractivity contribution < 1.29 is 13.9 Å². The zero-order valence-electron chi connectivity index (χ0n) is 24.0. The first-order valence-electron chi connectivity index (χ1n) is 13.9. The van der Waals surface area contributed by atoms with Gasteiger partial charge in [-0.25, -0.2) is 9.07 Å². The number of aromatic nitrogens is 3. The smallest absolute Gasteiger partial charge is 0.255 e. The molecule has 0 atom stereocenters. The highest BCUT2D eigenvalue weighted by atomic mass is 28.3. The second-order valence-corrected chi connectivity index (χ2v) is 16.8. The maximum atomic E-state index is 14.6. The van der Waals surface area contributed by atoms with Crippen LogP contribution in [0.4, 0.5) is 21.5 Å². The average Bonchev–Trinajstić information content (AvgIpc) is 3.33. The Bertz CT molecular complexity index is 1700. The number of carbonyl (C=O) groups is 1. The van der Waals surface area contributed by atoms with Crippen molar-refractivity contribution in [1.82, 2.24) is 14.8 Å². The van der Waals surface area contributed by atoms with Gasteiger partial charge in [0.1, 0.15) is 12.5 Å².